The summed E-state index contributed by atoms with van der Waals surface area (Å²) in [5, 5.41) is 0. The molecule has 0 fully saturated rings. The number of nitrogens with two attached hydrogens (primary N) is 5. The lowest BCUT2D eigenvalue weighted by atomic mass is 10.3. The molecule has 0 aromatic rings. The fourth-order valence-electron chi connectivity index (χ4n) is 3.14. The molecule has 0 aliphatic heterocycles. The molecule has 51 heavy (non-hydrogen) atoms. The van der Waals surface area contributed by atoms with Crippen LogP contribution in [0, 0.1) is 0 Å². The van der Waals surface area contributed by atoms with Crippen LogP contribution in [0.25, 0.3) is 0 Å². The molecule has 0 bridgehead atoms. The largest absolute Gasteiger partial charge is 0.494 e. The third-order valence-electron chi connectivity index (χ3n) is 5.50. The van der Waals surface area contributed by atoms with Gasteiger partial charge < -0.3 is 85.5 Å². The van der Waals surface area contributed by atoms with Crippen LogP contribution in [0.4, 0.5) is 0 Å². The normalized spacial score (nSPS) is 12.4. The Labute approximate surface area is 295 Å². The van der Waals surface area contributed by atoms with Crippen LogP contribution in [0.3, 0.4) is 0 Å². The van der Waals surface area contributed by atoms with E-state index in [-0.39, 0.29) is 138 Å². The molecule has 0 amide bonds. The Morgan fingerprint density at radius 2 is 0.784 bits per heavy atom. The van der Waals surface area contributed by atoms with E-state index < -0.39 is 42.1 Å². The van der Waals surface area contributed by atoms with E-state index in [0.29, 0.717) is 0 Å². The maximum atomic E-state index is 11.4. The summed E-state index contributed by atoms with van der Waals surface area (Å²) in [4.78, 5) is 56.4. The average molecular weight is 744 g/mol. The monoisotopic (exact) mass is 743 g/mol. The van der Waals surface area contributed by atoms with Crippen molar-refractivity contribution in [3.8, 4) is 0 Å². The number of hydrogen-bond acceptors (Lipinski definition) is 22. The molecule has 22 heteroatoms. The van der Waals surface area contributed by atoms with Gasteiger partial charge in [0.05, 0.1) is 79.0 Å². The molecule has 0 aromatic heterocycles. The van der Waals surface area contributed by atoms with Crippen molar-refractivity contribution in [3.05, 3.63) is 12.0 Å². The Balaban J connectivity index is 5.35. The highest BCUT2D eigenvalue weighted by atomic mass is 16.6. The van der Waals surface area contributed by atoms with E-state index >= 15 is 0 Å². The third kappa shape index (κ3) is 29.7. The molecule has 0 aromatic carbocycles. The van der Waals surface area contributed by atoms with Crippen molar-refractivity contribution in [1.29, 1.82) is 0 Å². The molecule has 296 valence electrons. The minimum absolute atomic E-state index is 0.00579. The first-order chi connectivity index (χ1) is 24.7. The van der Waals surface area contributed by atoms with E-state index in [1.807, 2.05) is 0 Å². The number of hydrogen-bond donors (Lipinski definition) is 5. The standard InChI is InChI=1S/C29H53N5O17/c30-11-25(35)46-4-1-40-16-22(44-7-9-49-28(38)14-33)19-43-20-24(45-8-10-50-29(39)15-34)21-51-23(17-41-2-5-47-26(36)12-31)18-42-3-6-48-27(37)13-32/h17,22,24H,1-16,18-21,30-34H2/b23-17+. The van der Waals surface area contributed by atoms with Gasteiger partial charge in [-0.3, -0.25) is 24.0 Å². The number of esters is 5. The first-order valence-electron chi connectivity index (χ1n) is 15.9. The average Bonchev–Trinajstić information content (AvgIpc) is 3.14. The summed E-state index contributed by atoms with van der Waals surface area (Å²) < 4.78 is 64.1. The molecule has 2 atom stereocenters. The van der Waals surface area contributed by atoms with Gasteiger partial charge in [0.15, 0.2) is 5.76 Å². The van der Waals surface area contributed by atoms with Crippen molar-refractivity contribution in [3.63, 3.8) is 0 Å². The lowest BCUT2D eigenvalue weighted by Gasteiger charge is -2.22. The second-order valence-electron chi connectivity index (χ2n) is 9.54. The maximum Gasteiger partial charge on any atom is 0.319 e. The Morgan fingerprint density at radius 1 is 0.412 bits per heavy atom. The maximum absolute atomic E-state index is 11.4. The van der Waals surface area contributed by atoms with Gasteiger partial charge in [0.1, 0.15) is 71.3 Å². The number of carbonyl (C=O) groups excluding carboxylic acids is 5. The lowest BCUT2D eigenvalue weighted by molar-refractivity contribution is -0.148. The fourth-order valence-corrected chi connectivity index (χ4v) is 3.14. The van der Waals surface area contributed by atoms with Crippen LogP contribution in [-0.2, 0) is 80.8 Å². The molecule has 0 heterocycles. The molecule has 2 unspecified atom stereocenters. The Kier molecular flexibility index (Phi) is 31.0. The molecule has 0 spiro atoms. The molecule has 0 aliphatic carbocycles. The van der Waals surface area contributed by atoms with Crippen molar-refractivity contribution < 1.29 is 80.8 Å². The molecule has 0 radical (unpaired) electrons. The molecule has 0 aliphatic rings. The van der Waals surface area contributed by atoms with Gasteiger partial charge in [-0.1, -0.05) is 0 Å². The van der Waals surface area contributed by atoms with E-state index in [1.165, 1.54) is 6.26 Å². The van der Waals surface area contributed by atoms with Gasteiger partial charge in [-0.15, -0.1) is 0 Å². The highest BCUT2D eigenvalue weighted by Crippen LogP contribution is 2.06. The summed E-state index contributed by atoms with van der Waals surface area (Å²) in [5.74, 6) is -2.82. The lowest BCUT2D eigenvalue weighted by Crippen LogP contribution is -2.33. The summed E-state index contributed by atoms with van der Waals surface area (Å²) >= 11 is 0. The van der Waals surface area contributed by atoms with Crippen LogP contribution in [0.5, 0.6) is 0 Å². The van der Waals surface area contributed by atoms with Gasteiger partial charge >= 0.3 is 29.8 Å². The minimum atomic E-state index is -0.747. The van der Waals surface area contributed by atoms with Crippen LogP contribution in [-0.4, -0.2) is 174 Å². The summed E-state index contributed by atoms with van der Waals surface area (Å²) in [6.45, 7) is -1.99. The van der Waals surface area contributed by atoms with Crippen LogP contribution in [0.1, 0.15) is 0 Å². The van der Waals surface area contributed by atoms with E-state index in [9.17, 15) is 24.0 Å². The molecule has 10 N–H and O–H groups in total. The van der Waals surface area contributed by atoms with Gasteiger partial charge in [0, 0.05) is 0 Å². The molecule has 0 rings (SSSR count). The topological polar surface area (TPSA) is 326 Å². The van der Waals surface area contributed by atoms with E-state index in [1.54, 1.807) is 0 Å². The first-order valence-corrected chi connectivity index (χ1v) is 15.9. The van der Waals surface area contributed by atoms with Gasteiger partial charge in [-0.05, 0) is 0 Å². The zero-order valence-corrected chi connectivity index (χ0v) is 28.7. The van der Waals surface area contributed by atoms with Crippen LogP contribution < -0.4 is 28.7 Å². The predicted molar refractivity (Wildman–Crippen MR) is 172 cm³/mol. The predicted octanol–water partition coefficient (Wildman–Crippen LogP) is -4.81. The number of ether oxygens (including phenoxy) is 12. The Hall–Kier alpha value is -3.71. The molecular weight excluding hydrogens is 690 g/mol. The Bertz CT molecular complexity index is 991. The van der Waals surface area contributed by atoms with Gasteiger partial charge in [-0.25, -0.2) is 0 Å². The van der Waals surface area contributed by atoms with E-state index in [2.05, 4.69) is 0 Å². The zero-order chi connectivity index (χ0) is 38.0. The second kappa shape index (κ2) is 33.4. The van der Waals surface area contributed by atoms with E-state index in [0.717, 1.165) is 0 Å². The molecule has 22 nitrogen and oxygen atoms in total. The second-order valence-corrected chi connectivity index (χ2v) is 9.54. The van der Waals surface area contributed by atoms with Crippen LogP contribution in [0.2, 0.25) is 0 Å². The van der Waals surface area contributed by atoms with Gasteiger partial charge in [0.25, 0.3) is 0 Å². The molecule has 0 saturated heterocycles. The fraction of sp³-hybridized carbons (Fsp3) is 0.759. The summed E-state index contributed by atoms with van der Waals surface area (Å²) in [6.07, 6.45) is -0.159. The number of rotatable bonds is 34. The minimum Gasteiger partial charge on any atom is -0.494 e. The van der Waals surface area contributed by atoms with Crippen molar-refractivity contribution in [1.82, 2.24) is 0 Å². The van der Waals surface area contributed by atoms with Crippen molar-refractivity contribution in [2.75, 3.05) is 132 Å². The molecular formula is C29H53N5O17. The van der Waals surface area contributed by atoms with Crippen molar-refractivity contribution in [2.45, 2.75) is 12.2 Å². The van der Waals surface area contributed by atoms with Crippen molar-refractivity contribution >= 4 is 29.8 Å². The Morgan fingerprint density at radius 3 is 1.24 bits per heavy atom. The quantitative estimate of drug-likeness (QED) is 0.0179. The first kappa shape index (κ1) is 47.3. The van der Waals surface area contributed by atoms with Crippen LogP contribution >= 0.6 is 0 Å². The summed E-state index contributed by atoms with van der Waals surface area (Å²) in [5.41, 5.74) is 26.1. The van der Waals surface area contributed by atoms with Crippen molar-refractivity contribution in [2.24, 2.45) is 28.7 Å². The van der Waals surface area contributed by atoms with E-state index in [4.69, 9.17) is 85.5 Å². The summed E-state index contributed by atoms with van der Waals surface area (Å²) in [6, 6.07) is 0. The highest BCUT2D eigenvalue weighted by molar-refractivity contribution is 5.72. The third-order valence-corrected chi connectivity index (χ3v) is 5.50. The zero-order valence-electron chi connectivity index (χ0n) is 28.7. The SMILES string of the molecule is NCC(=O)OCCO/C=C(\COCCOC(=O)CN)OCC(COCC(COCCOC(=O)CN)OCCOC(=O)CN)OCCOC(=O)CN. The van der Waals surface area contributed by atoms with Crippen LogP contribution in [0.15, 0.2) is 12.0 Å². The van der Waals surface area contributed by atoms with Gasteiger partial charge in [0.2, 0.25) is 0 Å². The highest BCUT2D eigenvalue weighted by Gasteiger charge is 2.17. The molecule has 0 saturated carbocycles. The van der Waals surface area contributed by atoms with Gasteiger partial charge in [-0.2, -0.15) is 0 Å². The number of carbonyl (C=O) groups is 5. The smallest absolute Gasteiger partial charge is 0.319 e. The summed E-state index contributed by atoms with van der Waals surface area (Å²) in [7, 11) is 0.